The number of fused-ring (bicyclic) bond motifs is 1. The molecule has 0 unspecified atom stereocenters. The Morgan fingerprint density at radius 2 is 1.91 bits per heavy atom. The Hall–Kier alpha value is -3.01. The summed E-state index contributed by atoms with van der Waals surface area (Å²) in [4.78, 5) is 23.3. The summed E-state index contributed by atoms with van der Waals surface area (Å²) in [6.07, 6.45) is 0.687. The zero-order valence-electron chi connectivity index (χ0n) is 18.9. The van der Waals surface area contributed by atoms with Crippen molar-refractivity contribution >= 4 is 24.7 Å². The van der Waals surface area contributed by atoms with Gasteiger partial charge in [-0.15, -0.1) is 0 Å². The first-order valence-corrected chi connectivity index (χ1v) is 12.2. The molecule has 0 saturated carbocycles. The van der Waals surface area contributed by atoms with E-state index in [9.17, 15) is 9.36 Å². The fourth-order valence-corrected chi connectivity index (χ4v) is 4.54. The average molecular weight is 477 g/mol. The van der Waals surface area contributed by atoms with E-state index < -0.39 is 32.1 Å². The zero-order valence-corrected chi connectivity index (χ0v) is 19.8. The number of para-hydroxylation sites is 1. The van der Waals surface area contributed by atoms with Gasteiger partial charge in [-0.25, -0.2) is 19.3 Å². The second kappa shape index (κ2) is 10.7. The Kier molecular flexibility index (Phi) is 8.01. The lowest BCUT2D eigenvalue weighted by molar-refractivity contribution is -0.155. The molecule has 0 spiro atoms. The number of ether oxygens (including phenoxy) is 2. The highest BCUT2D eigenvalue weighted by Crippen LogP contribution is 2.49. The molecule has 178 valence electrons. The summed E-state index contributed by atoms with van der Waals surface area (Å²) < 4.78 is 37.4. The van der Waals surface area contributed by atoms with E-state index >= 15 is 0 Å². The van der Waals surface area contributed by atoms with Crippen molar-refractivity contribution in [3.63, 3.8) is 0 Å². The summed E-state index contributed by atoms with van der Waals surface area (Å²) >= 11 is 0. The number of hydrogen-bond acceptors (Lipinski definition) is 9. The summed E-state index contributed by atoms with van der Waals surface area (Å²) in [7, 11) is -3.90. The SMILES string of the molecule is CC(C)OC(=O)[C@H](C)O[P@](=O)(CO[C@H](C)Cn1cnc(=N)c2[nH]cnc21)Oc1ccccc1. The number of nitrogens with zero attached hydrogens (tertiary/aromatic N) is 3. The molecule has 3 atom stereocenters. The van der Waals surface area contributed by atoms with Gasteiger partial charge in [0, 0.05) is 0 Å². The third-order valence-corrected chi connectivity index (χ3v) is 6.01. The molecule has 0 radical (unpaired) electrons. The molecule has 2 aromatic heterocycles. The Bertz CT molecular complexity index is 1180. The summed E-state index contributed by atoms with van der Waals surface area (Å²) in [5, 5.41) is 7.84. The lowest BCUT2D eigenvalue weighted by Crippen LogP contribution is -2.27. The van der Waals surface area contributed by atoms with E-state index in [1.165, 1.54) is 19.6 Å². The number of carbonyl (C=O) groups excluding carboxylic acids is 1. The molecule has 0 aliphatic heterocycles. The van der Waals surface area contributed by atoms with Crippen LogP contribution in [0.1, 0.15) is 27.7 Å². The number of hydrogen-bond donors (Lipinski definition) is 2. The van der Waals surface area contributed by atoms with Gasteiger partial charge in [0.25, 0.3) is 0 Å². The van der Waals surface area contributed by atoms with Crippen molar-refractivity contribution in [2.24, 2.45) is 0 Å². The van der Waals surface area contributed by atoms with E-state index in [1.54, 1.807) is 55.7 Å². The molecule has 33 heavy (non-hydrogen) atoms. The first kappa shape index (κ1) is 24.6. The number of benzene rings is 1. The van der Waals surface area contributed by atoms with Gasteiger partial charge in [0.15, 0.2) is 23.6 Å². The summed E-state index contributed by atoms with van der Waals surface area (Å²) in [5.41, 5.74) is 1.14. The van der Waals surface area contributed by atoms with Crippen LogP contribution >= 0.6 is 7.60 Å². The third kappa shape index (κ3) is 6.74. The number of esters is 1. The molecule has 0 bridgehead atoms. The lowest BCUT2D eigenvalue weighted by atomic mass is 10.3. The highest BCUT2D eigenvalue weighted by Gasteiger charge is 2.34. The molecular formula is C21H28N5O6P. The molecule has 0 fully saturated rings. The van der Waals surface area contributed by atoms with Crippen LogP contribution in [0.4, 0.5) is 0 Å². The fourth-order valence-electron chi connectivity index (χ4n) is 2.94. The topological polar surface area (TPSA) is 141 Å². The van der Waals surface area contributed by atoms with E-state index in [4.69, 9.17) is 23.9 Å². The Morgan fingerprint density at radius 1 is 1.18 bits per heavy atom. The van der Waals surface area contributed by atoms with Gasteiger partial charge in [-0.1, -0.05) is 18.2 Å². The minimum atomic E-state index is -3.90. The predicted octanol–water partition coefficient (Wildman–Crippen LogP) is 3.23. The number of H-pyrrole nitrogens is 1. The van der Waals surface area contributed by atoms with Crippen LogP contribution in [0.3, 0.4) is 0 Å². The van der Waals surface area contributed by atoms with E-state index in [-0.39, 0.29) is 11.6 Å². The predicted molar refractivity (Wildman–Crippen MR) is 120 cm³/mol. The van der Waals surface area contributed by atoms with Crippen molar-refractivity contribution in [1.82, 2.24) is 19.5 Å². The molecule has 1 aromatic carbocycles. The lowest BCUT2D eigenvalue weighted by Gasteiger charge is -2.24. The minimum Gasteiger partial charge on any atom is -0.461 e. The number of aromatic amines is 1. The second-order valence-corrected chi connectivity index (χ2v) is 9.57. The summed E-state index contributed by atoms with van der Waals surface area (Å²) in [6, 6.07) is 8.52. The molecule has 0 aliphatic rings. The molecule has 2 heterocycles. The van der Waals surface area contributed by atoms with Crippen molar-refractivity contribution in [3.05, 3.63) is 48.5 Å². The molecule has 0 aliphatic carbocycles. The highest BCUT2D eigenvalue weighted by molar-refractivity contribution is 7.54. The van der Waals surface area contributed by atoms with Crippen molar-refractivity contribution in [1.29, 1.82) is 5.41 Å². The van der Waals surface area contributed by atoms with Crippen LogP contribution in [0.15, 0.2) is 43.0 Å². The number of aromatic nitrogens is 4. The zero-order chi connectivity index (χ0) is 24.0. The first-order valence-electron chi connectivity index (χ1n) is 10.4. The van der Waals surface area contributed by atoms with Gasteiger partial charge in [-0.05, 0) is 39.8 Å². The maximum atomic E-state index is 13.5. The van der Waals surface area contributed by atoms with E-state index in [2.05, 4.69) is 15.0 Å². The van der Waals surface area contributed by atoms with Crippen LogP contribution in [-0.4, -0.2) is 50.1 Å². The smallest absolute Gasteiger partial charge is 0.405 e. The van der Waals surface area contributed by atoms with Crippen LogP contribution in [0.25, 0.3) is 11.2 Å². The standard InChI is InChI=1S/C21H28N5O6P/c1-14(2)30-21(27)16(4)31-33(28,32-17-8-6-5-7-9-17)13-29-15(3)10-26-12-25-19(22)18-20(26)24-11-23-18/h5-9,11-12,14-16,22H,10,13H2,1-4H3,(H,23,24)/t15-,16+,33-/m1/s1. The van der Waals surface area contributed by atoms with E-state index in [1.807, 2.05) is 0 Å². The van der Waals surface area contributed by atoms with Crippen molar-refractivity contribution < 1.29 is 27.9 Å². The molecule has 3 rings (SSSR count). The van der Waals surface area contributed by atoms with Crippen molar-refractivity contribution in [2.75, 3.05) is 6.35 Å². The quantitative estimate of drug-likeness (QED) is 0.317. The highest BCUT2D eigenvalue weighted by atomic mass is 31.2. The molecule has 2 N–H and O–H groups in total. The van der Waals surface area contributed by atoms with Crippen LogP contribution in [0.2, 0.25) is 0 Å². The van der Waals surface area contributed by atoms with Gasteiger partial charge in [-0.2, -0.15) is 0 Å². The fraction of sp³-hybridized carbons (Fsp3) is 0.429. The number of carbonyl (C=O) groups is 1. The van der Waals surface area contributed by atoms with E-state index in [0.717, 1.165) is 0 Å². The average Bonchev–Trinajstić information content (AvgIpc) is 3.26. The van der Waals surface area contributed by atoms with Gasteiger partial charge in [0.1, 0.15) is 11.3 Å². The number of rotatable bonds is 11. The summed E-state index contributed by atoms with van der Waals surface area (Å²) in [6.45, 7) is 6.98. The molecular weight excluding hydrogens is 449 g/mol. The van der Waals surface area contributed by atoms with E-state index in [0.29, 0.717) is 23.5 Å². The Balaban J connectivity index is 1.71. The van der Waals surface area contributed by atoms with Gasteiger partial charge < -0.3 is 23.5 Å². The molecule has 12 heteroatoms. The molecule has 11 nitrogen and oxygen atoms in total. The largest absolute Gasteiger partial charge is 0.461 e. The van der Waals surface area contributed by atoms with Crippen LogP contribution in [0, 0.1) is 5.41 Å². The first-order chi connectivity index (χ1) is 15.7. The Morgan fingerprint density at radius 3 is 2.61 bits per heavy atom. The molecule has 3 aromatic rings. The third-order valence-electron chi connectivity index (χ3n) is 4.42. The normalized spacial score (nSPS) is 15.2. The van der Waals surface area contributed by atoms with Gasteiger partial charge in [-0.3, -0.25) is 9.93 Å². The number of imidazole rings is 1. The van der Waals surface area contributed by atoms with Crippen LogP contribution < -0.4 is 10.0 Å². The van der Waals surface area contributed by atoms with Crippen LogP contribution in [-0.2, 0) is 29.9 Å². The van der Waals surface area contributed by atoms with Crippen molar-refractivity contribution in [2.45, 2.75) is 52.6 Å². The minimum absolute atomic E-state index is 0.0868. The summed E-state index contributed by atoms with van der Waals surface area (Å²) in [5.74, 6) is -0.322. The molecule has 0 amide bonds. The monoisotopic (exact) mass is 477 g/mol. The number of nitrogens with one attached hydrogen (secondary N) is 2. The van der Waals surface area contributed by atoms with Crippen molar-refractivity contribution in [3.8, 4) is 5.75 Å². The van der Waals surface area contributed by atoms with Gasteiger partial charge in [0.2, 0.25) is 0 Å². The Labute approximate surface area is 191 Å². The van der Waals surface area contributed by atoms with Crippen LogP contribution in [0.5, 0.6) is 5.75 Å². The van der Waals surface area contributed by atoms with Gasteiger partial charge >= 0.3 is 13.6 Å². The van der Waals surface area contributed by atoms with Gasteiger partial charge in [0.05, 0.1) is 31.4 Å². The molecule has 0 saturated heterocycles. The maximum absolute atomic E-state index is 13.5. The second-order valence-electron chi connectivity index (χ2n) is 7.70. The maximum Gasteiger partial charge on any atom is 0.405 e.